The Labute approximate surface area is 138 Å². The zero-order valence-electron chi connectivity index (χ0n) is 12.8. The molecule has 0 unspecified atom stereocenters. The first kappa shape index (κ1) is 31.5. The molecule has 0 amide bonds. The molecule has 0 aromatic rings. The van der Waals surface area contributed by atoms with Gasteiger partial charge in [0.25, 0.3) is 0 Å². The van der Waals surface area contributed by atoms with Crippen LogP contribution in [0.25, 0.3) is 0 Å². The van der Waals surface area contributed by atoms with Gasteiger partial charge in [-0.05, 0) is 13.8 Å². The van der Waals surface area contributed by atoms with E-state index in [0.29, 0.717) is 6.61 Å². The van der Waals surface area contributed by atoms with Gasteiger partial charge in [0, 0.05) is 0 Å². The Morgan fingerprint density at radius 1 is 1.00 bits per heavy atom. The molecule has 0 bridgehead atoms. The van der Waals surface area contributed by atoms with Gasteiger partial charge in [-0.2, -0.15) is 0 Å². The largest absolute Gasteiger partial charge is 3.00 e. The van der Waals surface area contributed by atoms with E-state index in [1.54, 1.807) is 34.6 Å². The van der Waals surface area contributed by atoms with Crippen molar-refractivity contribution < 1.29 is 24.5 Å². The number of esters is 1. The fourth-order valence-electron chi connectivity index (χ4n) is 0.415. The summed E-state index contributed by atoms with van der Waals surface area (Å²) in [6, 6.07) is 0. The number of ketones is 1. The Morgan fingerprint density at radius 2 is 1.26 bits per heavy atom. The van der Waals surface area contributed by atoms with Crippen LogP contribution in [0.5, 0.6) is 0 Å². The van der Waals surface area contributed by atoms with Crippen LogP contribution in [-0.4, -0.2) is 65.3 Å². The van der Waals surface area contributed by atoms with E-state index in [-0.39, 0.29) is 46.9 Å². The molecule has 0 saturated heterocycles. The van der Waals surface area contributed by atoms with Gasteiger partial charge in [0.15, 0.2) is 0 Å². The standard InChI is InChI=1S/C6H10O3.2C3H7O.2Al/c1-3-9-6(8)4-5(2)7;2*1-3(2)4;;/h3-4H2,1-2H3;2*3H,1-2H3;;/q;2*-1;2*+3. The zero-order chi connectivity index (χ0) is 14.4. The second-order valence-corrected chi connectivity index (χ2v) is 3.78. The van der Waals surface area contributed by atoms with Crippen LogP contribution in [0.3, 0.4) is 0 Å². The molecule has 19 heavy (non-hydrogen) atoms. The summed E-state index contributed by atoms with van der Waals surface area (Å²) in [5.41, 5.74) is 0. The average Bonchev–Trinajstić information content (AvgIpc) is 1.99. The van der Waals surface area contributed by atoms with E-state index >= 15 is 0 Å². The van der Waals surface area contributed by atoms with Gasteiger partial charge in [0.05, 0.1) is 6.61 Å². The van der Waals surface area contributed by atoms with Crippen LogP contribution in [0.2, 0.25) is 0 Å². The number of carbonyl (C=O) groups excluding carboxylic acids is 2. The molecule has 0 heterocycles. The summed E-state index contributed by atoms with van der Waals surface area (Å²) in [6.07, 6.45) is -0.937. The quantitative estimate of drug-likeness (QED) is 0.390. The number of Topliss-reactive ketones (excluding diaryl/α,β-unsaturated/α-hetero) is 1. The molecule has 0 aromatic heterocycles. The van der Waals surface area contributed by atoms with E-state index in [4.69, 9.17) is 0 Å². The van der Waals surface area contributed by atoms with Crippen molar-refractivity contribution in [3.63, 3.8) is 0 Å². The molecule has 0 fully saturated rings. The summed E-state index contributed by atoms with van der Waals surface area (Å²) in [7, 11) is 0. The van der Waals surface area contributed by atoms with Crippen molar-refractivity contribution in [3.8, 4) is 0 Å². The molecule has 0 N–H and O–H groups in total. The summed E-state index contributed by atoms with van der Waals surface area (Å²) >= 11 is 0. The molecular weight excluding hydrogens is 278 g/mol. The van der Waals surface area contributed by atoms with E-state index in [0.717, 1.165) is 0 Å². The first-order chi connectivity index (χ1) is 7.63. The Morgan fingerprint density at radius 3 is 1.42 bits per heavy atom. The summed E-state index contributed by atoms with van der Waals surface area (Å²) < 4.78 is 4.49. The third kappa shape index (κ3) is 92.8. The topological polar surface area (TPSA) is 89.5 Å². The Balaban J connectivity index is -0.0000000560. The summed E-state index contributed by atoms with van der Waals surface area (Å²) in [5, 5.41) is 19.1. The first-order valence-corrected chi connectivity index (χ1v) is 5.60. The predicted octanol–water partition coefficient (Wildman–Crippen LogP) is -0.723. The van der Waals surface area contributed by atoms with Crippen LogP contribution in [0.4, 0.5) is 0 Å². The first-order valence-electron chi connectivity index (χ1n) is 5.60. The Bertz CT molecular complexity index is 185. The fourth-order valence-corrected chi connectivity index (χ4v) is 0.415. The predicted molar refractivity (Wildman–Crippen MR) is 73.7 cm³/mol. The van der Waals surface area contributed by atoms with Gasteiger partial charge >= 0.3 is 40.7 Å². The normalized spacial score (nSPS) is 7.89. The molecule has 0 aliphatic heterocycles. The van der Waals surface area contributed by atoms with E-state index in [1.165, 1.54) is 6.92 Å². The number of ether oxygens (including phenoxy) is 1. The molecule has 0 atom stereocenters. The second-order valence-electron chi connectivity index (χ2n) is 3.78. The van der Waals surface area contributed by atoms with Gasteiger partial charge in [-0.3, -0.25) is 9.59 Å². The van der Waals surface area contributed by atoms with Crippen molar-refractivity contribution in [2.45, 2.75) is 60.2 Å². The van der Waals surface area contributed by atoms with Crippen molar-refractivity contribution in [1.82, 2.24) is 0 Å². The average molecular weight is 302 g/mol. The van der Waals surface area contributed by atoms with Crippen LogP contribution in [0.1, 0.15) is 48.0 Å². The van der Waals surface area contributed by atoms with E-state index in [2.05, 4.69) is 4.74 Å². The maximum atomic E-state index is 10.4. The summed E-state index contributed by atoms with van der Waals surface area (Å²) in [5.74, 6) is -0.599. The molecule has 0 aliphatic carbocycles. The molecular formula is C12H24Al2O5+4. The number of hydrogen-bond donors (Lipinski definition) is 0. The third-order valence-electron chi connectivity index (χ3n) is 0.699. The molecule has 0 aromatic carbocycles. The molecule has 0 aliphatic rings. The Hall–Kier alpha value is 0.125. The minimum Gasteiger partial charge on any atom is -0.852 e. The molecule has 0 rings (SSSR count). The monoisotopic (exact) mass is 302 g/mol. The van der Waals surface area contributed by atoms with Crippen molar-refractivity contribution in [3.05, 3.63) is 0 Å². The van der Waals surface area contributed by atoms with E-state index in [1.807, 2.05) is 0 Å². The molecule has 0 saturated carbocycles. The van der Waals surface area contributed by atoms with E-state index in [9.17, 15) is 19.8 Å². The van der Waals surface area contributed by atoms with Crippen LogP contribution in [0, 0.1) is 0 Å². The maximum absolute atomic E-state index is 10.4. The van der Waals surface area contributed by atoms with Crippen LogP contribution in [0.15, 0.2) is 0 Å². The van der Waals surface area contributed by atoms with Crippen molar-refractivity contribution in [1.29, 1.82) is 0 Å². The second kappa shape index (κ2) is 23.2. The molecule has 0 spiro atoms. The summed E-state index contributed by atoms with van der Waals surface area (Å²) in [4.78, 5) is 20.6. The van der Waals surface area contributed by atoms with Crippen LogP contribution < -0.4 is 10.2 Å². The van der Waals surface area contributed by atoms with Gasteiger partial charge < -0.3 is 14.9 Å². The molecule has 7 heteroatoms. The van der Waals surface area contributed by atoms with Gasteiger partial charge in [0.2, 0.25) is 0 Å². The van der Waals surface area contributed by atoms with Crippen molar-refractivity contribution in [2.75, 3.05) is 6.61 Å². The van der Waals surface area contributed by atoms with Gasteiger partial charge in [0.1, 0.15) is 12.2 Å². The van der Waals surface area contributed by atoms with E-state index < -0.39 is 18.2 Å². The molecule has 0 radical (unpaired) electrons. The number of hydrogen-bond acceptors (Lipinski definition) is 5. The molecule has 5 nitrogen and oxygen atoms in total. The smallest absolute Gasteiger partial charge is 0.852 e. The summed E-state index contributed by atoms with van der Waals surface area (Å²) in [6.45, 7) is 9.85. The van der Waals surface area contributed by atoms with Crippen LogP contribution >= 0.6 is 0 Å². The molecule has 104 valence electrons. The fraction of sp³-hybridized carbons (Fsp3) is 0.833. The number of rotatable bonds is 3. The Kier molecular flexibility index (Phi) is 38.5. The minimum atomic E-state index is -0.440. The van der Waals surface area contributed by atoms with Crippen molar-refractivity contribution >= 4 is 46.5 Å². The third-order valence-corrected chi connectivity index (χ3v) is 0.699. The van der Waals surface area contributed by atoms with Gasteiger partial charge in [-0.1, -0.05) is 27.7 Å². The van der Waals surface area contributed by atoms with Gasteiger partial charge in [-0.15, -0.1) is 12.2 Å². The van der Waals surface area contributed by atoms with Gasteiger partial charge in [-0.25, -0.2) is 0 Å². The number of carbonyl (C=O) groups is 2. The maximum Gasteiger partial charge on any atom is 3.00 e. The van der Waals surface area contributed by atoms with Crippen LogP contribution in [-0.2, 0) is 14.3 Å². The van der Waals surface area contributed by atoms with Crippen molar-refractivity contribution in [2.24, 2.45) is 0 Å². The SMILES string of the molecule is CC(C)[O-].CC(C)[O-].CCOC(=O)CC(C)=O.[Al+3].[Al+3]. The zero-order valence-corrected chi connectivity index (χ0v) is 15.1. The minimum absolute atomic E-state index is 0.